The van der Waals surface area contributed by atoms with Crippen molar-refractivity contribution in [1.29, 1.82) is 0 Å². The number of methoxy groups -OCH3 is 4. The summed E-state index contributed by atoms with van der Waals surface area (Å²) < 4.78 is 27.3. The van der Waals surface area contributed by atoms with Crippen LogP contribution in [0.25, 0.3) is 6.08 Å². The zero-order chi connectivity index (χ0) is 24.7. The lowest BCUT2D eigenvalue weighted by molar-refractivity contribution is 0.104. The molecule has 0 atom stereocenters. The number of benzene rings is 3. The lowest BCUT2D eigenvalue weighted by Crippen LogP contribution is -2.01. The number of rotatable bonds is 10. The zero-order valence-corrected chi connectivity index (χ0v) is 20.7. The molecule has 0 aromatic heterocycles. The standard InChI is InChI=1S/C26H24Cl2O6/c1-30-22-12-16(11-20(28)25(22)34-15-17-6-5-7-19(27)10-17)8-9-21(29)18-13-23(31-2)26(33-4)24(14-18)32-3/h5-14H,15H2,1-4H3. The fourth-order valence-electron chi connectivity index (χ4n) is 3.25. The summed E-state index contributed by atoms with van der Waals surface area (Å²) >= 11 is 12.5. The van der Waals surface area contributed by atoms with Gasteiger partial charge in [0.15, 0.2) is 28.8 Å². The maximum Gasteiger partial charge on any atom is 0.203 e. The number of carbonyl (C=O) groups excluding carboxylic acids is 1. The van der Waals surface area contributed by atoms with Crippen LogP contribution in [0.3, 0.4) is 0 Å². The summed E-state index contributed by atoms with van der Waals surface area (Å²) in [6, 6.07) is 14.0. The monoisotopic (exact) mass is 502 g/mol. The average molecular weight is 503 g/mol. The van der Waals surface area contributed by atoms with Gasteiger partial charge in [-0.05, 0) is 53.6 Å². The van der Waals surface area contributed by atoms with Gasteiger partial charge in [-0.25, -0.2) is 0 Å². The first kappa shape index (κ1) is 25.3. The van der Waals surface area contributed by atoms with Crippen LogP contribution in [0.15, 0.2) is 54.6 Å². The number of carbonyl (C=O) groups is 1. The van der Waals surface area contributed by atoms with Gasteiger partial charge in [-0.2, -0.15) is 0 Å². The second-order valence-corrected chi connectivity index (χ2v) is 7.91. The number of hydrogen-bond donors (Lipinski definition) is 0. The fourth-order valence-corrected chi connectivity index (χ4v) is 3.74. The second kappa shape index (κ2) is 11.7. The zero-order valence-electron chi connectivity index (χ0n) is 19.2. The molecule has 0 aliphatic heterocycles. The largest absolute Gasteiger partial charge is 0.493 e. The summed E-state index contributed by atoms with van der Waals surface area (Å²) in [5.41, 5.74) is 1.94. The Morgan fingerprint density at radius 3 is 2.06 bits per heavy atom. The third-order valence-electron chi connectivity index (χ3n) is 4.90. The van der Waals surface area contributed by atoms with Crippen LogP contribution in [0.1, 0.15) is 21.5 Å². The molecule has 0 saturated heterocycles. The first-order valence-electron chi connectivity index (χ1n) is 10.2. The number of ether oxygens (including phenoxy) is 5. The number of hydrogen-bond acceptors (Lipinski definition) is 6. The van der Waals surface area contributed by atoms with Crippen LogP contribution in [0.4, 0.5) is 0 Å². The molecule has 0 fully saturated rings. The molecule has 0 unspecified atom stereocenters. The van der Waals surface area contributed by atoms with Crippen LogP contribution in [-0.4, -0.2) is 34.2 Å². The Hall–Kier alpha value is -3.35. The van der Waals surface area contributed by atoms with Crippen molar-refractivity contribution in [1.82, 2.24) is 0 Å². The van der Waals surface area contributed by atoms with Gasteiger partial charge >= 0.3 is 0 Å². The van der Waals surface area contributed by atoms with Crippen LogP contribution in [0.5, 0.6) is 28.7 Å². The van der Waals surface area contributed by atoms with Gasteiger partial charge in [-0.15, -0.1) is 0 Å². The first-order chi connectivity index (χ1) is 16.4. The van der Waals surface area contributed by atoms with Crippen molar-refractivity contribution < 1.29 is 28.5 Å². The third-order valence-corrected chi connectivity index (χ3v) is 5.42. The Morgan fingerprint density at radius 2 is 1.47 bits per heavy atom. The molecule has 178 valence electrons. The molecule has 0 aliphatic rings. The molecular formula is C26H24Cl2O6. The van der Waals surface area contributed by atoms with Gasteiger partial charge < -0.3 is 23.7 Å². The summed E-state index contributed by atoms with van der Waals surface area (Å²) in [5.74, 6) is 1.78. The third kappa shape index (κ3) is 5.95. The predicted molar refractivity (Wildman–Crippen MR) is 133 cm³/mol. The van der Waals surface area contributed by atoms with Crippen molar-refractivity contribution in [3.63, 3.8) is 0 Å². The minimum atomic E-state index is -0.254. The number of ketones is 1. The van der Waals surface area contributed by atoms with E-state index in [0.29, 0.717) is 49.9 Å². The van der Waals surface area contributed by atoms with Crippen molar-refractivity contribution >= 4 is 35.1 Å². The summed E-state index contributed by atoms with van der Waals surface area (Å²) in [4.78, 5) is 12.8. The van der Waals surface area contributed by atoms with Gasteiger partial charge in [0.05, 0.1) is 33.5 Å². The van der Waals surface area contributed by atoms with Gasteiger partial charge in [0, 0.05) is 10.6 Å². The van der Waals surface area contributed by atoms with Gasteiger partial charge in [-0.3, -0.25) is 4.79 Å². The Labute approximate surface area is 208 Å². The molecule has 8 heteroatoms. The van der Waals surface area contributed by atoms with Crippen molar-refractivity contribution in [3.05, 3.63) is 81.3 Å². The van der Waals surface area contributed by atoms with Crippen LogP contribution in [0.2, 0.25) is 10.0 Å². The molecule has 3 aromatic carbocycles. The van der Waals surface area contributed by atoms with Crippen LogP contribution in [0, 0.1) is 0 Å². The Kier molecular flexibility index (Phi) is 8.68. The molecular weight excluding hydrogens is 479 g/mol. The Morgan fingerprint density at radius 1 is 0.824 bits per heavy atom. The second-order valence-electron chi connectivity index (χ2n) is 7.06. The van der Waals surface area contributed by atoms with Gasteiger partial charge in [0.2, 0.25) is 5.75 Å². The molecule has 6 nitrogen and oxygen atoms in total. The maximum absolute atomic E-state index is 12.8. The van der Waals surface area contributed by atoms with E-state index in [-0.39, 0.29) is 12.4 Å². The quantitative estimate of drug-likeness (QED) is 0.232. The molecule has 0 heterocycles. The molecule has 0 N–H and O–H groups in total. The molecule has 0 amide bonds. The summed E-state index contributed by atoms with van der Waals surface area (Å²) in [6.07, 6.45) is 3.07. The maximum atomic E-state index is 12.8. The summed E-state index contributed by atoms with van der Waals surface area (Å²) in [5, 5.41) is 0.970. The van der Waals surface area contributed by atoms with Crippen molar-refractivity contribution in [2.75, 3.05) is 28.4 Å². The van der Waals surface area contributed by atoms with E-state index in [1.165, 1.54) is 34.5 Å². The van der Waals surface area contributed by atoms with E-state index < -0.39 is 0 Å². The minimum Gasteiger partial charge on any atom is -0.493 e. The number of allylic oxidation sites excluding steroid dienone is 1. The van der Waals surface area contributed by atoms with Crippen LogP contribution < -0.4 is 23.7 Å². The SMILES string of the molecule is COc1cc(C=CC(=O)c2cc(OC)c(OC)c(OC)c2)cc(Cl)c1OCc1cccc(Cl)c1. The van der Waals surface area contributed by atoms with Gasteiger partial charge in [-0.1, -0.05) is 41.4 Å². The molecule has 0 radical (unpaired) electrons. The van der Waals surface area contributed by atoms with E-state index in [1.54, 1.807) is 36.4 Å². The van der Waals surface area contributed by atoms with Crippen molar-refractivity contribution in [2.24, 2.45) is 0 Å². The van der Waals surface area contributed by atoms with E-state index in [0.717, 1.165) is 5.56 Å². The van der Waals surface area contributed by atoms with Gasteiger partial charge in [0.1, 0.15) is 6.61 Å². The average Bonchev–Trinajstić information content (AvgIpc) is 2.85. The molecule has 3 rings (SSSR count). The molecule has 0 saturated carbocycles. The van der Waals surface area contributed by atoms with Crippen molar-refractivity contribution in [3.8, 4) is 28.7 Å². The fraction of sp³-hybridized carbons (Fsp3) is 0.192. The topological polar surface area (TPSA) is 63.2 Å². The minimum absolute atomic E-state index is 0.254. The summed E-state index contributed by atoms with van der Waals surface area (Å²) in [7, 11) is 6.01. The van der Waals surface area contributed by atoms with E-state index in [9.17, 15) is 4.79 Å². The molecule has 0 aliphatic carbocycles. The van der Waals surface area contributed by atoms with E-state index in [2.05, 4.69) is 0 Å². The highest BCUT2D eigenvalue weighted by molar-refractivity contribution is 6.32. The van der Waals surface area contributed by atoms with Gasteiger partial charge in [0.25, 0.3) is 0 Å². The predicted octanol–water partition coefficient (Wildman–Crippen LogP) is 6.50. The Bertz CT molecular complexity index is 1180. The van der Waals surface area contributed by atoms with E-state index in [4.69, 9.17) is 46.9 Å². The van der Waals surface area contributed by atoms with Crippen molar-refractivity contribution in [2.45, 2.75) is 6.61 Å². The molecule has 0 bridgehead atoms. The van der Waals surface area contributed by atoms with E-state index in [1.807, 2.05) is 18.2 Å². The molecule has 3 aromatic rings. The van der Waals surface area contributed by atoms with E-state index >= 15 is 0 Å². The lowest BCUT2D eigenvalue weighted by atomic mass is 10.1. The normalized spacial score (nSPS) is 10.8. The smallest absolute Gasteiger partial charge is 0.203 e. The number of halogens is 2. The highest BCUT2D eigenvalue weighted by Crippen LogP contribution is 2.39. The van der Waals surface area contributed by atoms with Crippen LogP contribution >= 0.6 is 23.2 Å². The molecule has 0 spiro atoms. The first-order valence-corrected chi connectivity index (χ1v) is 10.9. The molecule has 34 heavy (non-hydrogen) atoms. The summed E-state index contributed by atoms with van der Waals surface area (Å²) in [6.45, 7) is 0.269. The lowest BCUT2D eigenvalue weighted by Gasteiger charge is -2.14. The highest BCUT2D eigenvalue weighted by Gasteiger charge is 2.16. The Balaban J connectivity index is 1.82. The van der Waals surface area contributed by atoms with Crippen LogP contribution in [-0.2, 0) is 6.61 Å². The highest BCUT2D eigenvalue weighted by atomic mass is 35.5.